The third-order valence-electron chi connectivity index (χ3n) is 2.45. The van der Waals surface area contributed by atoms with E-state index in [4.69, 9.17) is 23.2 Å². The second-order valence-corrected chi connectivity index (χ2v) is 4.79. The summed E-state index contributed by atoms with van der Waals surface area (Å²) in [5.74, 6) is -0.248. The minimum atomic E-state index is -0.248. The van der Waals surface area contributed by atoms with Gasteiger partial charge < -0.3 is 5.32 Å². The van der Waals surface area contributed by atoms with E-state index in [0.29, 0.717) is 15.6 Å². The van der Waals surface area contributed by atoms with E-state index in [1.807, 2.05) is 31.2 Å². The molecule has 18 heavy (non-hydrogen) atoms. The van der Waals surface area contributed by atoms with Crippen LogP contribution in [0, 0.1) is 6.92 Å². The number of aryl methyl sites for hydroxylation is 1. The SMILES string of the molecule is Cc1cccc(NC(=O)c2ccc(Cl)cc2Cl)c1. The number of carbonyl (C=O) groups excluding carboxylic acids is 1. The molecular weight excluding hydrogens is 269 g/mol. The van der Waals surface area contributed by atoms with Crippen molar-refractivity contribution in [1.29, 1.82) is 0 Å². The number of nitrogens with one attached hydrogen (secondary N) is 1. The zero-order valence-electron chi connectivity index (χ0n) is 9.71. The fourth-order valence-electron chi connectivity index (χ4n) is 1.59. The lowest BCUT2D eigenvalue weighted by Crippen LogP contribution is -2.12. The molecule has 2 rings (SSSR count). The van der Waals surface area contributed by atoms with E-state index in [1.54, 1.807) is 18.2 Å². The first-order chi connectivity index (χ1) is 8.56. The molecule has 1 N–H and O–H groups in total. The second-order valence-electron chi connectivity index (χ2n) is 3.95. The van der Waals surface area contributed by atoms with E-state index >= 15 is 0 Å². The van der Waals surface area contributed by atoms with Crippen molar-refractivity contribution in [3.05, 3.63) is 63.6 Å². The Bertz CT molecular complexity index is 596. The van der Waals surface area contributed by atoms with Crippen LogP contribution in [0.2, 0.25) is 10.0 Å². The first kappa shape index (κ1) is 12.9. The maximum Gasteiger partial charge on any atom is 0.257 e. The molecule has 0 aromatic heterocycles. The third kappa shape index (κ3) is 3.03. The number of carbonyl (C=O) groups is 1. The average Bonchev–Trinajstić information content (AvgIpc) is 2.28. The second kappa shape index (κ2) is 5.42. The van der Waals surface area contributed by atoms with Crippen molar-refractivity contribution in [3.63, 3.8) is 0 Å². The highest BCUT2D eigenvalue weighted by Crippen LogP contribution is 2.22. The molecule has 0 heterocycles. The Kier molecular flexibility index (Phi) is 3.90. The Labute approximate surface area is 116 Å². The van der Waals surface area contributed by atoms with Gasteiger partial charge in [0.2, 0.25) is 0 Å². The van der Waals surface area contributed by atoms with Gasteiger partial charge in [-0.05, 0) is 42.8 Å². The first-order valence-electron chi connectivity index (χ1n) is 5.39. The summed E-state index contributed by atoms with van der Waals surface area (Å²) in [6.07, 6.45) is 0. The molecule has 0 unspecified atom stereocenters. The van der Waals surface area contributed by atoms with Gasteiger partial charge in [-0.2, -0.15) is 0 Å². The highest BCUT2D eigenvalue weighted by atomic mass is 35.5. The van der Waals surface area contributed by atoms with Crippen molar-refractivity contribution in [2.24, 2.45) is 0 Å². The van der Waals surface area contributed by atoms with Crippen LogP contribution < -0.4 is 5.32 Å². The van der Waals surface area contributed by atoms with Crippen LogP contribution in [0.4, 0.5) is 5.69 Å². The maximum absolute atomic E-state index is 12.0. The number of benzene rings is 2. The Morgan fingerprint density at radius 3 is 2.56 bits per heavy atom. The lowest BCUT2D eigenvalue weighted by molar-refractivity contribution is 0.102. The molecule has 0 aliphatic rings. The zero-order valence-corrected chi connectivity index (χ0v) is 11.2. The number of hydrogen-bond acceptors (Lipinski definition) is 1. The number of hydrogen-bond donors (Lipinski definition) is 1. The summed E-state index contributed by atoms with van der Waals surface area (Å²) in [4.78, 5) is 12.0. The summed E-state index contributed by atoms with van der Waals surface area (Å²) in [6, 6.07) is 12.4. The number of amides is 1. The van der Waals surface area contributed by atoms with E-state index < -0.39 is 0 Å². The Balaban J connectivity index is 2.22. The highest BCUT2D eigenvalue weighted by Gasteiger charge is 2.10. The molecule has 4 heteroatoms. The lowest BCUT2D eigenvalue weighted by atomic mass is 10.2. The molecule has 0 radical (unpaired) electrons. The van der Waals surface area contributed by atoms with Gasteiger partial charge in [0, 0.05) is 10.7 Å². The fraction of sp³-hybridized carbons (Fsp3) is 0.0714. The lowest BCUT2D eigenvalue weighted by Gasteiger charge is -2.07. The van der Waals surface area contributed by atoms with E-state index in [9.17, 15) is 4.79 Å². The van der Waals surface area contributed by atoms with Gasteiger partial charge in [0.15, 0.2) is 0 Å². The Morgan fingerprint density at radius 2 is 1.89 bits per heavy atom. The summed E-state index contributed by atoms with van der Waals surface area (Å²) in [6.45, 7) is 1.96. The molecule has 2 aromatic rings. The maximum atomic E-state index is 12.0. The van der Waals surface area contributed by atoms with Gasteiger partial charge in [-0.3, -0.25) is 4.79 Å². The fourth-order valence-corrected chi connectivity index (χ4v) is 2.09. The smallest absolute Gasteiger partial charge is 0.257 e. The normalized spacial score (nSPS) is 10.2. The molecule has 2 aromatic carbocycles. The molecule has 2 nitrogen and oxygen atoms in total. The molecule has 92 valence electrons. The summed E-state index contributed by atoms with van der Waals surface area (Å²) in [5.41, 5.74) is 2.23. The molecule has 0 saturated carbocycles. The predicted octanol–water partition coefficient (Wildman–Crippen LogP) is 4.55. The number of halogens is 2. The van der Waals surface area contributed by atoms with Gasteiger partial charge in [0.1, 0.15) is 0 Å². The number of rotatable bonds is 2. The molecule has 0 aliphatic carbocycles. The van der Waals surface area contributed by atoms with E-state index in [-0.39, 0.29) is 5.91 Å². The summed E-state index contributed by atoms with van der Waals surface area (Å²) in [7, 11) is 0. The Hall–Kier alpha value is -1.51. The summed E-state index contributed by atoms with van der Waals surface area (Å²) < 4.78 is 0. The van der Waals surface area contributed by atoms with Crippen LogP contribution in [-0.4, -0.2) is 5.91 Å². The summed E-state index contributed by atoms with van der Waals surface area (Å²) in [5, 5.41) is 3.64. The van der Waals surface area contributed by atoms with Gasteiger partial charge in [0.05, 0.1) is 10.6 Å². The molecule has 0 saturated heterocycles. The molecule has 0 fully saturated rings. The minimum Gasteiger partial charge on any atom is -0.322 e. The van der Waals surface area contributed by atoms with Crippen molar-refractivity contribution in [1.82, 2.24) is 0 Å². The van der Waals surface area contributed by atoms with Crippen LogP contribution in [0.3, 0.4) is 0 Å². The molecule has 1 amide bonds. The summed E-state index contributed by atoms with van der Waals surface area (Å²) >= 11 is 11.8. The molecule has 0 spiro atoms. The van der Waals surface area contributed by atoms with Crippen LogP contribution in [0.5, 0.6) is 0 Å². The zero-order chi connectivity index (χ0) is 13.1. The topological polar surface area (TPSA) is 29.1 Å². The van der Waals surface area contributed by atoms with Crippen LogP contribution in [0.1, 0.15) is 15.9 Å². The van der Waals surface area contributed by atoms with Crippen molar-refractivity contribution in [3.8, 4) is 0 Å². The van der Waals surface area contributed by atoms with E-state index in [1.165, 1.54) is 0 Å². The minimum absolute atomic E-state index is 0.248. The van der Waals surface area contributed by atoms with Crippen molar-refractivity contribution < 1.29 is 4.79 Å². The predicted molar refractivity (Wildman–Crippen MR) is 75.6 cm³/mol. The van der Waals surface area contributed by atoms with Gasteiger partial charge in [0.25, 0.3) is 5.91 Å². The molecule has 0 aliphatic heterocycles. The van der Waals surface area contributed by atoms with Gasteiger partial charge in [-0.15, -0.1) is 0 Å². The molecule has 0 bridgehead atoms. The largest absolute Gasteiger partial charge is 0.322 e. The van der Waals surface area contributed by atoms with Crippen LogP contribution >= 0.6 is 23.2 Å². The van der Waals surface area contributed by atoms with Crippen molar-refractivity contribution in [2.45, 2.75) is 6.92 Å². The highest BCUT2D eigenvalue weighted by molar-refractivity contribution is 6.37. The monoisotopic (exact) mass is 279 g/mol. The van der Waals surface area contributed by atoms with Crippen LogP contribution in [-0.2, 0) is 0 Å². The quantitative estimate of drug-likeness (QED) is 0.858. The van der Waals surface area contributed by atoms with E-state index in [2.05, 4.69) is 5.32 Å². The molecule has 0 atom stereocenters. The first-order valence-corrected chi connectivity index (χ1v) is 6.15. The van der Waals surface area contributed by atoms with Crippen molar-refractivity contribution >= 4 is 34.8 Å². The Morgan fingerprint density at radius 1 is 1.11 bits per heavy atom. The van der Waals surface area contributed by atoms with E-state index in [0.717, 1.165) is 11.3 Å². The third-order valence-corrected chi connectivity index (χ3v) is 3.00. The van der Waals surface area contributed by atoms with Crippen molar-refractivity contribution in [2.75, 3.05) is 5.32 Å². The van der Waals surface area contributed by atoms with Gasteiger partial charge in [-0.25, -0.2) is 0 Å². The average molecular weight is 280 g/mol. The van der Waals surface area contributed by atoms with Gasteiger partial charge in [-0.1, -0.05) is 35.3 Å². The van der Waals surface area contributed by atoms with Crippen LogP contribution in [0.25, 0.3) is 0 Å². The van der Waals surface area contributed by atoms with Crippen LogP contribution in [0.15, 0.2) is 42.5 Å². The standard InChI is InChI=1S/C14H11Cl2NO/c1-9-3-2-4-11(7-9)17-14(18)12-6-5-10(15)8-13(12)16/h2-8H,1H3,(H,17,18). The van der Waals surface area contributed by atoms with Gasteiger partial charge >= 0.3 is 0 Å². The number of anilines is 1. The molecular formula is C14H11Cl2NO.